The van der Waals surface area contributed by atoms with E-state index < -0.39 is 29.8 Å². The van der Waals surface area contributed by atoms with Gasteiger partial charge in [0.1, 0.15) is 94.5 Å². The van der Waals surface area contributed by atoms with Crippen molar-refractivity contribution in [2.75, 3.05) is 205 Å². The van der Waals surface area contributed by atoms with E-state index in [0.717, 1.165) is 128 Å². The van der Waals surface area contributed by atoms with Gasteiger partial charge in [0.25, 0.3) is 0 Å². The van der Waals surface area contributed by atoms with Gasteiger partial charge in [0.15, 0.2) is 0 Å². The molecule has 0 heterocycles. The summed E-state index contributed by atoms with van der Waals surface area (Å²) in [6.45, 7) is 16.5. The van der Waals surface area contributed by atoms with Crippen LogP contribution in [0.1, 0.15) is 463 Å². The summed E-state index contributed by atoms with van der Waals surface area (Å²) >= 11 is 0. The molecular weight excluding hydrogens is 1810 g/mol. The third kappa shape index (κ3) is 54.5. The van der Waals surface area contributed by atoms with Gasteiger partial charge >= 0.3 is 29.8 Å². The van der Waals surface area contributed by atoms with Crippen LogP contribution in [0.25, 0.3) is 0 Å². The molecule has 145 heavy (non-hydrogen) atoms. The molecule has 5 aromatic carbocycles. The summed E-state index contributed by atoms with van der Waals surface area (Å²) in [7, 11) is 31.3. The van der Waals surface area contributed by atoms with Crippen molar-refractivity contribution in [3.05, 3.63) is 144 Å². The molecule has 820 valence electrons. The van der Waals surface area contributed by atoms with Crippen LogP contribution >= 0.6 is 0 Å². The van der Waals surface area contributed by atoms with Crippen molar-refractivity contribution in [2.45, 2.75) is 388 Å². The van der Waals surface area contributed by atoms with Crippen LogP contribution in [0.2, 0.25) is 0 Å². The van der Waals surface area contributed by atoms with Gasteiger partial charge in [0.2, 0.25) is 0 Å². The monoisotopic (exact) mass is 2020 g/mol. The average Bonchev–Trinajstić information content (AvgIpc) is 0.757. The first kappa shape index (κ1) is 126. The molecule has 0 spiro atoms. The summed E-state index contributed by atoms with van der Waals surface area (Å²) in [5.41, 5.74) is 8.13. The Morgan fingerprint density at radius 2 is 0.283 bits per heavy atom. The summed E-state index contributed by atoms with van der Waals surface area (Å²) < 4.78 is 73.1. The molecule has 1 aliphatic rings. The molecule has 0 amide bonds. The van der Waals surface area contributed by atoms with Crippen LogP contribution < -0.4 is 23.7 Å². The van der Waals surface area contributed by atoms with Crippen LogP contribution in [0.15, 0.2) is 60.7 Å². The van der Waals surface area contributed by atoms with Gasteiger partial charge in [-0.25, -0.2) is 24.0 Å². The lowest BCUT2D eigenvalue weighted by Crippen LogP contribution is -2.38. The van der Waals surface area contributed by atoms with Gasteiger partial charge in [-0.2, -0.15) is 0 Å². The number of likely N-dealkylation sites (N-methyl/N-ethyl adjacent to an activating group) is 5. The van der Waals surface area contributed by atoms with Gasteiger partial charge in [-0.05, 0) is 148 Å². The zero-order chi connectivity index (χ0) is 106. The van der Waals surface area contributed by atoms with Crippen molar-refractivity contribution >= 4 is 29.8 Å². The predicted molar refractivity (Wildman–Crippen MR) is 599 cm³/mol. The number of ether oxygens (including phenoxy) is 10. The maximum atomic E-state index is 15.7. The SMILES string of the molecule is CCCCCCCCCCCCOc1c2cc(C(=O)OCC[N+](C)(C)C)cc1Cc1cc(C(=O)OCC[N+](C)(C)C)cc(c1OCCCCCCCCCCCC)Cc1cc(C(=O)OCC[N+](C)(C)C)cc(c1OCCCCCCCCCCCC)Cc1cc(C(=O)OCC[N+](C)(C)C)cc(c1OCCCCCCCCCCCC)Cc1cc(C(=O)OCC[N+](C)(C)C)cc(c1OCCCCCCCCCCCC)C2. The van der Waals surface area contributed by atoms with Gasteiger partial charge in [-0.3, -0.25) is 0 Å². The summed E-state index contributed by atoms with van der Waals surface area (Å²) in [4.78, 5) is 78.7. The fraction of sp³-hybridized carbons (Fsp3) is 0.720. The molecule has 0 radical (unpaired) electrons. The molecule has 0 saturated carbocycles. The molecular formula is C125H210N5O15+5. The highest BCUT2D eigenvalue weighted by Crippen LogP contribution is 2.44. The summed E-state index contributed by atoms with van der Waals surface area (Å²) in [6, 6.07) is 19.3. The van der Waals surface area contributed by atoms with Gasteiger partial charge < -0.3 is 69.8 Å². The minimum Gasteiger partial charge on any atom is -0.493 e. The summed E-state index contributed by atoms with van der Waals surface area (Å²) in [5, 5.41) is 0. The molecule has 6 rings (SSSR count). The van der Waals surface area contributed by atoms with Crippen molar-refractivity contribution in [2.24, 2.45) is 0 Å². The number of carbonyl (C=O) groups excluding carboxylic acids is 5. The molecule has 5 aromatic rings. The third-order valence-corrected chi connectivity index (χ3v) is 28.0. The van der Waals surface area contributed by atoms with Gasteiger partial charge in [-0.1, -0.05) is 324 Å². The molecule has 0 unspecified atom stereocenters. The Bertz CT molecular complexity index is 3700. The highest BCUT2D eigenvalue weighted by molar-refractivity contribution is 5.94. The van der Waals surface area contributed by atoms with E-state index in [-0.39, 0.29) is 65.1 Å². The van der Waals surface area contributed by atoms with Crippen molar-refractivity contribution in [1.82, 2.24) is 0 Å². The Labute approximate surface area is 883 Å². The van der Waals surface area contributed by atoms with E-state index in [1.165, 1.54) is 193 Å². The predicted octanol–water partition coefficient (Wildman–Crippen LogP) is 28.8. The number of hydrogen-bond donors (Lipinski definition) is 0. The maximum absolute atomic E-state index is 15.7. The Morgan fingerprint density at radius 1 is 0.172 bits per heavy atom. The van der Waals surface area contributed by atoms with Crippen LogP contribution in [-0.2, 0) is 55.8 Å². The third-order valence-electron chi connectivity index (χ3n) is 28.0. The van der Waals surface area contributed by atoms with E-state index in [1.807, 2.05) is 60.7 Å². The second-order valence-electron chi connectivity index (χ2n) is 47.4. The average molecular weight is 2020 g/mol. The first-order valence-corrected chi connectivity index (χ1v) is 58.3. The summed E-state index contributed by atoms with van der Waals surface area (Å²) in [5.74, 6) is 0.200. The molecule has 20 heteroatoms. The molecule has 0 aliphatic heterocycles. The fourth-order valence-corrected chi connectivity index (χ4v) is 18.9. The lowest BCUT2D eigenvalue weighted by atomic mass is 9.88. The number of unbranched alkanes of at least 4 members (excludes halogenated alkanes) is 45. The molecule has 0 atom stereocenters. The van der Waals surface area contributed by atoms with Crippen molar-refractivity contribution in [3.8, 4) is 28.7 Å². The van der Waals surface area contributed by atoms with Crippen LogP contribution in [0.3, 0.4) is 0 Å². The molecule has 0 aromatic heterocycles. The second-order valence-corrected chi connectivity index (χ2v) is 47.4. The van der Waals surface area contributed by atoms with Crippen molar-refractivity contribution in [3.63, 3.8) is 0 Å². The number of hydrogen-bond acceptors (Lipinski definition) is 15. The summed E-state index contributed by atoms with van der Waals surface area (Å²) in [6.07, 6.45) is 56.9. The number of nitrogens with zero attached hydrogens (tertiary/aromatic N) is 5. The largest absolute Gasteiger partial charge is 0.493 e. The van der Waals surface area contributed by atoms with Crippen LogP contribution in [0.5, 0.6) is 28.7 Å². The Balaban J connectivity index is 1.92. The van der Waals surface area contributed by atoms with E-state index in [1.54, 1.807) is 0 Å². The topological polar surface area (TPSA) is 178 Å². The fourth-order valence-electron chi connectivity index (χ4n) is 18.9. The minimum atomic E-state index is -0.513. The first-order chi connectivity index (χ1) is 69.5. The number of benzene rings is 5. The second kappa shape index (κ2) is 71.1. The normalized spacial score (nSPS) is 12.6. The van der Waals surface area contributed by atoms with Crippen molar-refractivity contribution < 1.29 is 93.8 Å². The number of carbonyl (C=O) groups is 5. The highest BCUT2D eigenvalue weighted by atomic mass is 16.6. The Morgan fingerprint density at radius 3 is 0.393 bits per heavy atom. The molecule has 20 nitrogen and oxygen atoms in total. The van der Waals surface area contributed by atoms with E-state index in [0.29, 0.717) is 200 Å². The molecule has 1 aliphatic carbocycles. The Hall–Kier alpha value is -7.75. The zero-order valence-electron chi connectivity index (χ0n) is 96.1. The van der Waals surface area contributed by atoms with Gasteiger partial charge in [0, 0.05) is 32.1 Å². The standard InChI is InChI=1S/C125H210N5O15/c1-21-26-31-36-41-46-51-56-61-66-76-136-116-101-86-103-93-112(122(132)142-82-72-127(9,10)11)95-105(117(103)137-77-67-62-57-52-47-42-37-32-27-22-2)88-107-97-114(124(134)144-84-74-129(15,16)17)99-109(119(107)139-79-69-64-59-54-49-44-39-34-29-24-4)90-110-100-115(125(135)145-85-75-130(18,19)20)98-108(120(110)140-80-70-65-60-55-50-45-40-35-30-25-5)89-106-96-113(123(133)143-83-73-128(12,13)14)94-104(118(106)138-78-68-63-58-53-48-43-38-33-28-23-3)87-102(116)92-111(91-101)121(131)141-81-71-126(6,7)8/h91-100H,21-90H2,1-20H3/q+5. The zero-order valence-corrected chi connectivity index (χ0v) is 96.1. The maximum Gasteiger partial charge on any atom is 0.338 e. The smallest absolute Gasteiger partial charge is 0.338 e. The van der Waals surface area contributed by atoms with E-state index in [4.69, 9.17) is 47.4 Å². The first-order valence-electron chi connectivity index (χ1n) is 58.3. The van der Waals surface area contributed by atoms with Gasteiger partial charge in [0.05, 0.1) is 167 Å². The number of rotatable bonds is 80. The number of esters is 5. The van der Waals surface area contributed by atoms with Gasteiger partial charge in [-0.15, -0.1) is 0 Å². The number of fused-ring (bicyclic) bond motifs is 10. The lowest BCUT2D eigenvalue weighted by molar-refractivity contribution is -0.870. The molecule has 10 bridgehead atoms. The molecule has 0 saturated heterocycles. The van der Waals surface area contributed by atoms with E-state index in [2.05, 4.69) is 140 Å². The van der Waals surface area contributed by atoms with Crippen LogP contribution in [0, 0.1) is 0 Å². The minimum absolute atomic E-state index is 0.107. The van der Waals surface area contributed by atoms with E-state index >= 15 is 24.0 Å². The highest BCUT2D eigenvalue weighted by Gasteiger charge is 2.32. The Kier molecular flexibility index (Phi) is 61.7. The quantitative estimate of drug-likeness (QED) is 0.0152. The molecule has 0 fully saturated rings. The van der Waals surface area contributed by atoms with Crippen molar-refractivity contribution in [1.29, 1.82) is 0 Å². The number of quaternary nitrogens is 5. The van der Waals surface area contributed by atoms with E-state index in [9.17, 15) is 0 Å². The molecule has 0 N–H and O–H groups in total. The van der Waals surface area contributed by atoms with Crippen LogP contribution in [-0.4, -0.2) is 257 Å². The van der Waals surface area contributed by atoms with Crippen LogP contribution in [0.4, 0.5) is 0 Å². The lowest BCUT2D eigenvalue weighted by Gasteiger charge is -2.25.